The summed E-state index contributed by atoms with van der Waals surface area (Å²) in [6.07, 6.45) is 2.52. The summed E-state index contributed by atoms with van der Waals surface area (Å²) in [4.78, 5) is 0. The van der Waals surface area contributed by atoms with Gasteiger partial charge in [-0.25, -0.2) is 8.42 Å². The monoisotopic (exact) mass is 221 g/mol. The molecular formula is C10H23NO2S. The number of rotatable bonds is 8. The molecule has 86 valence electrons. The molecule has 0 fully saturated rings. The molecule has 0 saturated heterocycles. The SMILES string of the molecule is CCCS(=O)(=O)CCCC(C)CNC. The van der Waals surface area contributed by atoms with Gasteiger partial charge in [-0.1, -0.05) is 13.8 Å². The van der Waals surface area contributed by atoms with Crippen LogP contribution in [-0.4, -0.2) is 33.5 Å². The van der Waals surface area contributed by atoms with Gasteiger partial charge in [-0.3, -0.25) is 0 Å². The van der Waals surface area contributed by atoms with Gasteiger partial charge in [0, 0.05) is 5.75 Å². The number of hydrogen-bond acceptors (Lipinski definition) is 3. The standard InChI is InChI=1S/C10H23NO2S/c1-4-7-14(12,13)8-5-6-10(2)9-11-3/h10-11H,4-9H2,1-3H3. The second kappa shape index (κ2) is 7.23. The smallest absolute Gasteiger partial charge is 0.150 e. The van der Waals surface area contributed by atoms with Gasteiger partial charge in [0.2, 0.25) is 0 Å². The highest BCUT2D eigenvalue weighted by atomic mass is 32.2. The van der Waals surface area contributed by atoms with Gasteiger partial charge in [0.15, 0.2) is 0 Å². The van der Waals surface area contributed by atoms with E-state index in [0.29, 0.717) is 17.4 Å². The average Bonchev–Trinajstić information content (AvgIpc) is 2.03. The minimum atomic E-state index is -2.76. The maximum atomic E-state index is 11.4. The van der Waals surface area contributed by atoms with Crippen molar-refractivity contribution in [1.82, 2.24) is 5.32 Å². The first kappa shape index (κ1) is 13.9. The fourth-order valence-electron chi connectivity index (χ4n) is 1.52. The second-order valence-electron chi connectivity index (χ2n) is 3.96. The summed E-state index contributed by atoms with van der Waals surface area (Å²) < 4.78 is 22.7. The minimum absolute atomic E-state index is 0.341. The van der Waals surface area contributed by atoms with Crippen LogP contribution in [0.3, 0.4) is 0 Å². The van der Waals surface area contributed by atoms with Crippen molar-refractivity contribution < 1.29 is 8.42 Å². The molecule has 0 bridgehead atoms. The molecule has 0 radical (unpaired) electrons. The molecule has 1 atom stereocenters. The van der Waals surface area contributed by atoms with E-state index in [9.17, 15) is 8.42 Å². The van der Waals surface area contributed by atoms with Crippen molar-refractivity contribution in [3.05, 3.63) is 0 Å². The predicted molar refractivity (Wildman–Crippen MR) is 61.3 cm³/mol. The first-order valence-electron chi connectivity index (χ1n) is 5.37. The molecule has 0 amide bonds. The van der Waals surface area contributed by atoms with Gasteiger partial charge in [-0.05, 0) is 38.8 Å². The molecule has 0 aromatic carbocycles. The van der Waals surface area contributed by atoms with E-state index in [0.717, 1.165) is 25.8 Å². The fraction of sp³-hybridized carbons (Fsp3) is 1.00. The lowest BCUT2D eigenvalue weighted by Crippen LogP contribution is -2.17. The predicted octanol–water partition coefficient (Wildman–Crippen LogP) is 1.45. The quantitative estimate of drug-likeness (QED) is 0.675. The summed E-state index contributed by atoms with van der Waals surface area (Å²) in [6.45, 7) is 5.01. The normalized spacial score (nSPS) is 14.2. The molecule has 0 aliphatic rings. The van der Waals surface area contributed by atoms with Crippen LogP contribution in [0.1, 0.15) is 33.1 Å². The molecule has 0 aromatic rings. The van der Waals surface area contributed by atoms with Crippen molar-refractivity contribution >= 4 is 9.84 Å². The molecular weight excluding hydrogens is 198 g/mol. The van der Waals surface area contributed by atoms with Gasteiger partial charge in [0.05, 0.1) is 5.75 Å². The van der Waals surface area contributed by atoms with Gasteiger partial charge in [0.1, 0.15) is 9.84 Å². The van der Waals surface area contributed by atoms with E-state index in [1.807, 2.05) is 14.0 Å². The molecule has 1 N–H and O–H groups in total. The molecule has 1 unspecified atom stereocenters. The number of sulfone groups is 1. The minimum Gasteiger partial charge on any atom is -0.319 e. The van der Waals surface area contributed by atoms with Gasteiger partial charge in [-0.2, -0.15) is 0 Å². The molecule has 0 aromatic heterocycles. The Morgan fingerprint density at radius 3 is 2.43 bits per heavy atom. The third kappa shape index (κ3) is 7.33. The first-order valence-corrected chi connectivity index (χ1v) is 7.19. The van der Waals surface area contributed by atoms with E-state index in [1.165, 1.54) is 0 Å². The Morgan fingerprint density at radius 2 is 1.93 bits per heavy atom. The maximum absolute atomic E-state index is 11.4. The summed E-state index contributed by atoms with van der Waals surface area (Å²) in [5.41, 5.74) is 0. The van der Waals surface area contributed by atoms with Crippen molar-refractivity contribution in [3.8, 4) is 0 Å². The van der Waals surface area contributed by atoms with Crippen LogP contribution < -0.4 is 5.32 Å². The van der Waals surface area contributed by atoms with E-state index < -0.39 is 9.84 Å². The van der Waals surface area contributed by atoms with Gasteiger partial charge < -0.3 is 5.32 Å². The molecule has 14 heavy (non-hydrogen) atoms. The van der Waals surface area contributed by atoms with Crippen LogP contribution in [-0.2, 0) is 9.84 Å². The highest BCUT2D eigenvalue weighted by molar-refractivity contribution is 7.91. The summed E-state index contributed by atoms with van der Waals surface area (Å²) in [6, 6.07) is 0. The molecule has 0 heterocycles. The third-order valence-electron chi connectivity index (χ3n) is 2.22. The van der Waals surface area contributed by atoms with E-state index in [2.05, 4.69) is 12.2 Å². The van der Waals surface area contributed by atoms with Crippen LogP contribution in [0.5, 0.6) is 0 Å². The van der Waals surface area contributed by atoms with Crippen LogP contribution in [0.25, 0.3) is 0 Å². The Bertz CT molecular complexity index is 224. The lowest BCUT2D eigenvalue weighted by atomic mass is 10.1. The molecule has 4 heteroatoms. The first-order chi connectivity index (χ1) is 6.52. The van der Waals surface area contributed by atoms with Gasteiger partial charge >= 0.3 is 0 Å². The van der Waals surface area contributed by atoms with Crippen LogP contribution in [0.4, 0.5) is 0 Å². The zero-order valence-corrected chi connectivity index (χ0v) is 10.4. The Kier molecular flexibility index (Phi) is 7.19. The molecule has 0 rings (SSSR count). The highest BCUT2D eigenvalue weighted by Gasteiger charge is 2.09. The summed E-state index contributed by atoms with van der Waals surface area (Å²) in [7, 11) is -0.842. The fourth-order valence-corrected chi connectivity index (χ4v) is 2.95. The molecule has 0 aliphatic heterocycles. The zero-order valence-electron chi connectivity index (χ0n) is 9.54. The molecule has 3 nitrogen and oxygen atoms in total. The van der Waals surface area contributed by atoms with Crippen LogP contribution in [0.2, 0.25) is 0 Å². The van der Waals surface area contributed by atoms with Crippen molar-refractivity contribution in [1.29, 1.82) is 0 Å². The number of hydrogen-bond donors (Lipinski definition) is 1. The average molecular weight is 221 g/mol. The topological polar surface area (TPSA) is 46.2 Å². The van der Waals surface area contributed by atoms with E-state index >= 15 is 0 Å². The van der Waals surface area contributed by atoms with Crippen LogP contribution in [0, 0.1) is 5.92 Å². The maximum Gasteiger partial charge on any atom is 0.150 e. The Balaban J connectivity index is 3.63. The Morgan fingerprint density at radius 1 is 1.29 bits per heavy atom. The van der Waals surface area contributed by atoms with Crippen LogP contribution >= 0.6 is 0 Å². The van der Waals surface area contributed by atoms with Crippen molar-refractivity contribution in [2.45, 2.75) is 33.1 Å². The molecule has 0 spiro atoms. The van der Waals surface area contributed by atoms with E-state index in [1.54, 1.807) is 0 Å². The highest BCUT2D eigenvalue weighted by Crippen LogP contribution is 2.06. The van der Waals surface area contributed by atoms with Gasteiger partial charge in [0.25, 0.3) is 0 Å². The zero-order chi connectivity index (χ0) is 11.0. The lowest BCUT2D eigenvalue weighted by Gasteiger charge is -2.09. The Hall–Kier alpha value is -0.0900. The van der Waals surface area contributed by atoms with Crippen LogP contribution in [0.15, 0.2) is 0 Å². The van der Waals surface area contributed by atoms with Gasteiger partial charge in [-0.15, -0.1) is 0 Å². The third-order valence-corrected chi connectivity index (χ3v) is 4.16. The lowest BCUT2D eigenvalue weighted by molar-refractivity contribution is 0.496. The molecule has 0 saturated carbocycles. The van der Waals surface area contributed by atoms with Crippen molar-refractivity contribution in [2.24, 2.45) is 5.92 Å². The molecule has 0 aliphatic carbocycles. The van der Waals surface area contributed by atoms with Crippen molar-refractivity contribution in [3.63, 3.8) is 0 Å². The summed E-state index contributed by atoms with van der Waals surface area (Å²) >= 11 is 0. The van der Waals surface area contributed by atoms with E-state index in [-0.39, 0.29) is 0 Å². The van der Waals surface area contributed by atoms with Crippen molar-refractivity contribution in [2.75, 3.05) is 25.1 Å². The Labute approximate surface area is 88.2 Å². The number of nitrogens with one attached hydrogen (secondary N) is 1. The second-order valence-corrected chi connectivity index (χ2v) is 6.26. The summed E-state index contributed by atoms with van der Waals surface area (Å²) in [5.74, 6) is 1.26. The summed E-state index contributed by atoms with van der Waals surface area (Å²) in [5, 5.41) is 3.09. The van der Waals surface area contributed by atoms with E-state index in [4.69, 9.17) is 0 Å². The largest absolute Gasteiger partial charge is 0.319 e.